The van der Waals surface area contributed by atoms with Gasteiger partial charge in [-0.3, -0.25) is 4.79 Å². The minimum atomic E-state index is -0.399. The quantitative estimate of drug-likeness (QED) is 0.830. The van der Waals surface area contributed by atoms with Crippen LogP contribution in [0.1, 0.15) is 25.3 Å². The number of hydrogen-bond acceptors (Lipinski definition) is 3. The van der Waals surface area contributed by atoms with Crippen molar-refractivity contribution in [3.8, 4) is 5.75 Å². The molecule has 2 rings (SSSR count). The molecule has 0 saturated heterocycles. The molecule has 1 aromatic rings. The van der Waals surface area contributed by atoms with Crippen LogP contribution in [0.5, 0.6) is 5.75 Å². The summed E-state index contributed by atoms with van der Waals surface area (Å²) in [6, 6.07) is 5.30. The summed E-state index contributed by atoms with van der Waals surface area (Å²) in [5.74, 6) is -0.126. The SMILES string of the molecule is CCN(Cc1ccc(OC)c(F)c1)C(=O)CNC1CC1. The average molecular weight is 280 g/mol. The van der Waals surface area contributed by atoms with E-state index in [-0.39, 0.29) is 11.7 Å². The number of benzene rings is 1. The van der Waals surface area contributed by atoms with Crippen molar-refractivity contribution in [1.82, 2.24) is 10.2 Å². The standard InChI is InChI=1S/C15H21FN2O2/c1-3-18(15(19)9-17-12-5-6-12)10-11-4-7-14(20-2)13(16)8-11/h4,7-8,12,17H,3,5-6,9-10H2,1-2H3. The highest BCUT2D eigenvalue weighted by Gasteiger charge is 2.22. The van der Waals surface area contributed by atoms with Crippen molar-refractivity contribution in [3.63, 3.8) is 0 Å². The first kappa shape index (κ1) is 14.8. The summed E-state index contributed by atoms with van der Waals surface area (Å²) in [7, 11) is 1.43. The molecule has 4 nitrogen and oxygen atoms in total. The van der Waals surface area contributed by atoms with Crippen molar-refractivity contribution in [2.24, 2.45) is 0 Å². The number of ether oxygens (including phenoxy) is 1. The van der Waals surface area contributed by atoms with Crippen molar-refractivity contribution in [2.45, 2.75) is 32.4 Å². The van der Waals surface area contributed by atoms with Gasteiger partial charge in [0.25, 0.3) is 0 Å². The van der Waals surface area contributed by atoms with Gasteiger partial charge in [-0.15, -0.1) is 0 Å². The zero-order valence-corrected chi connectivity index (χ0v) is 12.0. The van der Waals surface area contributed by atoms with Crippen molar-refractivity contribution < 1.29 is 13.9 Å². The van der Waals surface area contributed by atoms with Crippen LogP contribution in [-0.2, 0) is 11.3 Å². The van der Waals surface area contributed by atoms with E-state index in [1.54, 1.807) is 17.0 Å². The largest absolute Gasteiger partial charge is 0.494 e. The van der Waals surface area contributed by atoms with Gasteiger partial charge in [0.15, 0.2) is 11.6 Å². The van der Waals surface area contributed by atoms with Crippen LogP contribution in [0.3, 0.4) is 0 Å². The normalized spacial score (nSPS) is 14.2. The summed E-state index contributed by atoms with van der Waals surface area (Å²) < 4.78 is 18.5. The lowest BCUT2D eigenvalue weighted by atomic mass is 10.2. The summed E-state index contributed by atoms with van der Waals surface area (Å²) >= 11 is 0. The van der Waals surface area contributed by atoms with Crippen molar-refractivity contribution in [1.29, 1.82) is 0 Å². The van der Waals surface area contributed by atoms with Crippen LogP contribution in [0.4, 0.5) is 4.39 Å². The molecule has 1 fully saturated rings. The Kier molecular flexibility index (Phi) is 4.95. The summed E-state index contributed by atoms with van der Waals surface area (Å²) in [5, 5.41) is 3.20. The first-order valence-electron chi connectivity index (χ1n) is 6.97. The molecule has 1 aromatic carbocycles. The number of amides is 1. The number of methoxy groups -OCH3 is 1. The Hall–Kier alpha value is -1.62. The molecule has 1 aliphatic rings. The molecule has 5 heteroatoms. The van der Waals surface area contributed by atoms with Gasteiger partial charge in [0.1, 0.15) is 0 Å². The highest BCUT2D eigenvalue weighted by atomic mass is 19.1. The lowest BCUT2D eigenvalue weighted by Gasteiger charge is -2.21. The summed E-state index contributed by atoms with van der Waals surface area (Å²) in [6.07, 6.45) is 2.31. The van der Waals surface area contributed by atoms with Crippen molar-refractivity contribution >= 4 is 5.91 Å². The number of nitrogens with one attached hydrogen (secondary N) is 1. The van der Waals surface area contributed by atoms with E-state index in [0.717, 1.165) is 18.4 Å². The minimum absolute atomic E-state index is 0.0515. The fraction of sp³-hybridized carbons (Fsp3) is 0.533. The van der Waals surface area contributed by atoms with E-state index >= 15 is 0 Å². The predicted octanol–water partition coefficient (Wildman–Crippen LogP) is 1.93. The van der Waals surface area contributed by atoms with Crippen LogP contribution < -0.4 is 10.1 Å². The van der Waals surface area contributed by atoms with Gasteiger partial charge in [-0.05, 0) is 37.5 Å². The third-order valence-electron chi connectivity index (χ3n) is 3.44. The molecule has 20 heavy (non-hydrogen) atoms. The van der Waals surface area contributed by atoms with Gasteiger partial charge in [0.2, 0.25) is 5.91 Å². The van der Waals surface area contributed by atoms with E-state index in [1.165, 1.54) is 13.2 Å². The molecule has 1 saturated carbocycles. The van der Waals surface area contributed by atoms with Crippen LogP contribution in [0.25, 0.3) is 0 Å². The predicted molar refractivity (Wildman–Crippen MR) is 75.1 cm³/mol. The number of halogens is 1. The Bertz CT molecular complexity index is 475. The summed E-state index contributed by atoms with van der Waals surface area (Å²) in [4.78, 5) is 13.8. The van der Waals surface area contributed by atoms with Crippen LogP contribution in [-0.4, -0.2) is 37.0 Å². The van der Waals surface area contributed by atoms with Gasteiger partial charge < -0.3 is 15.0 Å². The van der Waals surface area contributed by atoms with E-state index in [4.69, 9.17) is 4.74 Å². The number of hydrogen-bond donors (Lipinski definition) is 1. The van der Waals surface area contributed by atoms with Gasteiger partial charge in [-0.25, -0.2) is 4.39 Å². The van der Waals surface area contributed by atoms with Gasteiger partial charge in [-0.2, -0.15) is 0 Å². The zero-order chi connectivity index (χ0) is 14.5. The van der Waals surface area contributed by atoms with Crippen LogP contribution in [0.15, 0.2) is 18.2 Å². The zero-order valence-electron chi connectivity index (χ0n) is 12.0. The third-order valence-corrected chi connectivity index (χ3v) is 3.44. The fourth-order valence-corrected chi connectivity index (χ4v) is 2.04. The summed E-state index contributed by atoms with van der Waals surface area (Å²) in [5.41, 5.74) is 0.768. The van der Waals surface area contributed by atoms with E-state index in [1.807, 2.05) is 6.92 Å². The molecule has 110 valence electrons. The first-order valence-corrected chi connectivity index (χ1v) is 6.97. The molecule has 1 N–H and O–H groups in total. The molecule has 0 heterocycles. The van der Waals surface area contributed by atoms with E-state index in [9.17, 15) is 9.18 Å². The fourth-order valence-electron chi connectivity index (χ4n) is 2.04. The average Bonchev–Trinajstić information content (AvgIpc) is 3.26. The van der Waals surface area contributed by atoms with Gasteiger partial charge in [0.05, 0.1) is 13.7 Å². The smallest absolute Gasteiger partial charge is 0.236 e. The van der Waals surface area contributed by atoms with Crippen LogP contribution >= 0.6 is 0 Å². The Morgan fingerprint density at radius 1 is 1.50 bits per heavy atom. The molecule has 0 bridgehead atoms. The van der Waals surface area contributed by atoms with Crippen molar-refractivity contribution in [2.75, 3.05) is 20.2 Å². The maximum absolute atomic E-state index is 13.6. The maximum atomic E-state index is 13.6. The Morgan fingerprint density at radius 3 is 2.80 bits per heavy atom. The second kappa shape index (κ2) is 6.70. The second-order valence-corrected chi connectivity index (χ2v) is 5.03. The summed E-state index contributed by atoms with van der Waals surface area (Å²) in [6.45, 7) is 3.31. The molecule has 0 radical (unpaired) electrons. The van der Waals surface area contributed by atoms with E-state index in [2.05, 4.69) is 5.32 Å². The number of nitrogens with zero attached hydrogens (tertiary/aromatic N) is 1. The molecule has 1 amide bonds. The van der Waals surface area contributed by atoms with Crippen LogP contribution in [0, 0.1) is 5.82 Å². The molecule has 0 aliphatic heterocycles. The lowest BCUT2D eigenvalue weighted by molar-refractivity contribution is -0.130. The molecule has 1 aliphatic carbocycles. The Balaban J connectivity index is 1.93. The Labute approximate surface area is 118 Å². The molecule has 0 spiro atoms. The second-order valence-electron chi connectivity index (χ2n) is 5.03. The monoisotopic (exact) mass is 280 g/mol. The molecular weight excluding hydrogens is 259 g/mol. The third kappa shape index (κ3) is 3.93. The topological polar surface area (TPSA) is 41.6 Å². The number of likely N-dealkylation sites (N-methyl/N-ethyl adjacent to an activating group) is 1. The van der Waals surface area contributed by atoms with E-state index < -0.39 is 5.82 Å². The van der Waals surface area contributed by atoms with Gasteiger partial charge in [-0.1, -0.05) is 6.07 Å². The first-order chi connectivity index (χ1) is 9.63. The number of carbonyl (C=O) groups excluding carboxylic acids is 1. The molecule has 0 unspecified atom stereocenters. The van der Waals surface area contributed by atoms with Crippen molar-refractivity contribution in [3.05, 3.63) is 29.6 Å². The highest BCUT2D eigenvalue weighted by Crippen LogP contribution is 2.19. The minimum Gasteiger partial charge on any atom is -0.494 e. The van der Waals surface area contributed by atoms with E-state index in [0.29, 0.717) is 25.7 Å². The molecule has 0 atom stereocenters. The number of carbonyl (C=O) groups is 1. The molecule has 0 aromatic heterocycles. The van der Waals surface area contributed by atoms with Gasteiger partial charge in [0, 0.05) is 19.1 Å². The number of rotatable bonds is 7. The highest BCUT2D eigenvalue weighted by molar-refractivity contribution is 5.78. The Morgan fingerprint density at radius 2 is 2.25 bits per heavy atom. The van der Waals surface area contributed by atoms with Crippen LogP contribution in [0.2, 0.25) is 0 Å². The maximum Gasteiger partial charge on any atom is 0.236 e. The molecular formula is C15H21FN2O2. The lowest BCUT2D eigenvalue weighted by Crippen LogP contribution is -2.38. The van der Waals surface area contributed by atoms with Gasteiger partial charge >= 0.3 is 0 Å².